The van der Waals surface area contributed by atoms with Gasteiger partial charge in [0.25, 0.3) is 0 Å². The number of nitrogen functional groups attached to an aromatic ring is 1. The molecule has 0 fully saturated rings. The Morgan fingerprint density at radius 1 is 1.03 bits per heavy atom. The molecule has 0 heterocycles. The predicted octanol–water partition coefficient (Wildman–Crippen LogP) is 3.69. The van der Waals surface area contributed by atoms with E-state index in [0.29, 0.717) is 34.4 Å². The lowest BCUT2D eigenvalue weighted by molar-refractivity contribution is -0.147. The average molecular weight is 466 g/mol. The van der Waals surface area contributed by atoms with Gasteiger partial charge in [0.05, 0.1) is 12.2 Å². The lowest BCUT2D eigenvalue weighted by atomic mass is 10.0. The van der Waals surface area contributed by atoms with Crippen LogP contribution >= 0.6 is 0 Å². The summed E-state index contributed by atoms with van der Waals surface area (Å²) in [5.41, 5.74) is 7.42. The van der Waals surface area contributed by atoms with Gasteiger partial charge in [-0.15, -0.1) is 0 Å². The molecule has 1 atom stereocenters. The van der Waals surface area contributed by atoms with Crippen LogP contribution in [-0.4, -0.2) is 36.3 Å². The molecule has 0 unspecified atom stereocenters. The standard InChI is InChI=1S/C26H31N3O5/c1-5-33-26(32)22(14-16(2)3)29-24(30)17(4)15-18-6-8-20(9-7-18)25(31)34-21-12-10-19(11-13-21)23(27)28/h6-13,15-16,22H,5,14H2,1-4H3,(H3,27,28)(H,29,30)/b17-15+/t22-/m0/s1. The molecular formula is C26H31N3O5. The Labute approximate surface area is 199 Å². The fraction of sp³-hybridized carbons (Fsp3) is 0.308. The quantitative estimate of drug-likeness (QED) is 0.161. The summed E-state index contributed by atoms with van der Waals surface area (Å²) in [6.45, 7) is 7.56. The monoisotopic (exact) mass is 465 g/mol. The van der Waals surface area contributed by atoms with Gasteiger partial charge in [0.15, 0.2) is 0 Å². The maximum absolute atomic E-state index is 12.6. The Morgan fingerprint density at radius 2 is 1.62 bits per heavy atom. The van der Waals surface area contributed by atoms with Gasteiger partial charge in [-0.3, -0.25) is 10.2 Å². The summed E-state index contributed by atoms with van der Waals surface area (Å²) in [6, 6.07) is 12.2. The van der Waals surface area contributed by atoms with Crippen molar-refractivity contribution in [1.29, 1.82) is 5.41 Å². The number of hydrogen-bond donors (Lipinski definition) is 3. The van der Waals surface area contributed by atoms with Crippen molar-refractivity contribution in [3.63, 3.8) is 0 Å². The van der Waals surface area contributed by atoms with E-state index in [1.165, 1.54) is 0 Å². The largest absolute Gasteiger partial charge is 0.464 e. The van der Waals surface area contributed by atoms with E-state index in [4.69, 9.17) is 20.6 Å². The van der Waals surface area contributed by atoms with Gasteiger partial charge < -0.3 is 20.5 Å². The molecule has 2 rings (SSSR count). The molecule has 0 bridgehead atoms. The number of rotatable bonds is 10. The zero-order chi connectivity index (χ0) is 25.3. The van der Waals surface area contributed by atoms with Gasteiger partial charge in [0.2, 0.25) is 5.91 Å². The van der Waals surface area contributed by atoms with Crippen molar-refractivity contribution in [2.24, 2.45) is 11.7 Å². The van der Waals surface area contributed by atoms with Crippen molar-refractivity contribution in [2.75, 3.05) is 6.61 Å². The summed E-state index contributed by atoms with van der Waals surface area (Å²) < 4.78 is 10.4. The van der Waals surface area contributed by atoms with E-state index in [1.54, 1.807) is 68.5 Å². The van der Waals surface area contributed by atoms with Gasteiger partial charge in [-0.1, -0.05) is 26.0 Å². The molecule has 8 heteroatoms. The summed E-state index contributed by atoms with van der Waals surface area (Å²) in [6.07, 6.45) is 2.15. The third-order valence-corrected chi connectivity index (χ3v) is 4.85. The van der Waals surface area contributed by atoms with E-state index in [-0.39, 0.29) is 24.3 Å². The van der Waals surface area contributed by atoms with Crippen molar-refractivity contribution >= 4 is 29.8 Å². The highest BCUT2D eigenvalue weighted by Gasteiger charge is 2.23. The number of esters is 2. The highest BCUT2D eigenvalue weighted by atomic mass is 16.5. The number of amidine groups is 1. The van der Waals surface area contributed by atoms with Crippen molar-refractivity contribution in [3.8, 4) is 5.75 Å². The van der Waals surface area contributed by atoms with Crippen molar-refractivity contribution in [3.05, 3.63) is 70.8 Å². The summed E-state index contributed by atoms with van der Waals surface area (Å²) in [5, 5.41) is 10.1. The molecule has 0 aliphatic rings. The van der Waals surface area contributed by atoms with Crippen LogP contribution in [0.3, 0.4) is 0 Å². The smallest absolute Gasteiger partial charge is 0.343 e. The minimum atomic E-state index is -0.711. The second kappa shape index (κ2) is 12.3. The molecular weight excluding hydrogens is 434 g/mol. The maximum atomic E-state index is 12.6. The number of amides is 1. The fourth-order valence-electron chi connectivity index (χ4n) is 3.10. The molecule has 0 radical (unpaired) electrons. The molecule has 4 N–H and O–H groups in total. The maximum Gasteiger partial charge on any atom is 0.343 e. The molecule has 0 saturated heterocycles. The Hall–Kier alpha value is -3.94. The lowest BCUT2D eigenvalue weighted by Crippen LogP contribution is -2.43. The molecule has 1 amide bonds. The van der Waals surface area contributed by atoms with Crippen LogP contribution in [0.15, 0.2) is 54.1 Å². The second-order valence-corrected chi connectivity index (χ2v) is 8.18. The molecule has 0 aliphatic carbocycles. The Bertz CT molecular complexity index is 1060. The highest BCUT2D eigenvalue weighted by Crippen LogP contribution is 2.16. The zero-order valence-corrected chi connectivity index (χ0v) is 19.9. The minimum Gasteiger partial charge on any atom is -0.464 e. The topological polar surface area (TPSA) is 132 Å². The van der Waals surface area contributed by atoms with Crippen molar-refractivity contribution < 1.29 is 23.9 Å². The number of carbonyl (C=O) groups is 3. The molecule has 8 nitrogen and oxygen atoms in total. The van der Waals surface area contributed by atoms with Gasteiger partial charge in [-0.05, 0) is 74.2 Å². The molecule has 0 aromatic heterocycles. The number of benzene rings is 2. The zero-order valence-electron chi connectivity index (χ0n) is 19.9. The average Bonchev–Trinajstić information content (AvgIpc) is 2.79. The van der Waals surface area contributed by atoms with Gasteiger partial charge in [-0.25, -0.2) is 9.59 Å². The summed E-state index contributed by atoms with van der Waals surface area (Å²) in [5.74, 6) is -0.872. The first-order valence-corrected chi connectivity index (χ1v) is 11.0. The summed E-state index contributed by atoms with van der Waals surface area (Å²) in [7, 11) is 0. The molecule has 180 valence electrons. The Kier molecular flexibility index (Phi) is 9.55. The molecule has 0 spiro atoms. The molecule has 34 heavy (non-hydrogen) atoms. The van der Waals surface area contributed by atoms with E-state index < -0.39 is 18.0 Å². The van der Waals surface area contributed by atoms with E-state index >= 15 is 0 Å². The lowest BCUT2D eigenvalue weighted by Gasteiger charge is -2.19. The van der Waals surface area contributed by atoms with Gasteiger partial charge in [0, 0.05) is 11.1 Å². The third-order valence-electron chi connectivity index (χ3n) is 4.85. The SMILES string of the molecule is CCOC(=O)[C@H](CC(C)C)NC(=O)/C(C)=C/c1ccc(C(=O)Oc2ccc(C(=N)N)cc2)cc1. The van der Waals surface area contributed by atoms with E-state index in [1.807, 2.05) is 13.8 Å². The van der Waals surface area contributed by atoms with Crippen molar-refractivity contribution in [2.45, 2.75) is 40.2 Å². The van der Waals surface area contributed by atoms with Crippen LogP contribution in [-0.2, 0) is 14.3 Å². The summed E-state index contributed by atoms with van der Waals surface area (Å²) >= 11 is 0. The number of carbonyl (C=O) groups excluding carboxylic acids is 3. The van der Waals surface area contributed by atoms with Crippen LogP contribution in [0, 0.1) is 11.3 Å². The number of hydrogen-bond acceptors (Lipinski definition) is 6. The molecule has 2 aromatic rings. The van der Waals surface area contributed by atoms with Gasteiger partial charge >= 0.3 is 11.9 Å². The van der Waals surface area contributed by atoms with Crippen LogP contribution in [0.4, 0.5) is 0 Å². The molecule has 0 saturated carbocycles. The Morgan fingerprint density at radius 3 is 2.15 bits per heavy atom. The Balaban J connectivity index is 2.04. The first kappa shape index (κ1) is 26.3. The van der Waals surface area contributed by atoms with E-state index in [0.717, 1.165) is 0 Å². The van der Waals surface area contributed by atoms with Crippen LogP contribution < -0.4 is 15.8 Å². The first-order valence-electron chi connectivity index (χ1n) is 11.0. The first-order chi connectivity index (χ1) is 16.1. The predicted molar refractivity (Wildman–Crippen MR) is 131 cm³/mol. The highest BCUT2D eigenvalue weighted by molar-refractivity contribution is 5.99. The minimum absolute atomic E-state index is 0.0678. The number of ether oxygens (including phenoxy) is 2. The number of nitrogens with one attached hydrogen (secondary N) is 2. The van der Waals surface area contributed by atoms with Crippen LogP contribution in [0.25, 0.3) is 6.08 Å². The van der Waals surface area contributed by atoms with Gasteiger partial charge in [0.1, 0.15) is 17.6 Å². The second-order valence-electron chi connectivity index (χ2n) is 8.18. The van der Waals surface area contributed by atoms with Crippen LogP contribution in [0.2, 0.25) is 0 Å². The van der Waals surface area contributed by atoms with Crippen molar-refractivity contribution in [1.82, 2.24) is 5.32 Å². The number of nitrogens with two attached hydrogens (primary N) is 1. The molecule has 0 aliphatic heterocycles. The van der Waals surface area contributed by atoms with Crippen LogP contribution in [0.5, 0.6) is 5.75 Å². The van der Waals surface area contributed by atoms with E-state index in [9.17, 15) is 14.4 Å². The van der Waals surface area contributed by atoms with Gasteiger partial charge in [-0.2, -0.15) is 0 Å². The van der Waals surface area contributed by atoms with E-state index in [2.05, 4.69) is 5.32 Å². The summed E-state index contributed by atoms with van der Waals surface area (Å²) in [4.78, 5) is 37.2. The third kappa shape index (κ3) is 7.88. The van der Waals surface area contributed by atoms with Crippen LogP contribution in [0.1, 0.15) is 55.6 Å². The molecule has 2 aromatic carbocycles. The normalized spacial score (nSPS) is 12.1. The fourth-order valence-corrected chi connectivity index (χ4v) is 3.10.